The number of anilines is 2. The van der Waals surface area contributed by atoms with Gasteiger partial charge in [0.15, 0.2) is 0 Å². The van der Waals surface area contributed by atoms with Gasteiger partial charge in [0.25, 0.3) is 5.91 Å². The zero-order valence-electron chi connectivity index (χ0n) is 16.5. The Balaban J connectivity index is 1.67. The average Bonchev–Trinajstić information content (AvgIpc) is 3.29. The quantitative estimate of drug-likeness (QED) is 0.543. The van der Waals surface area contributed by atoms with Crippen molar-refractivity contribution in [2.24, 2.45) is 0 Å². The van der Waals surface area contributed by atoms with E-state index >= 15 is 0 Å². The molecule has 2 N–H and O–H groups in total. The lowest BCUT2D eigenvalue weighted by Gasteiger charge is -2.13. The van der Waals surface area contributed by atoms with Crippen LogP contribution in [0.15, 0.2) is 53.5 Å². The maximum absolute atomic E-state index is 12.6. The monoisotopic (exact) mass is 473 g/mol. The summed E-state index contributed by atoms with van der Waals surface area (Å²) in [6.07, 6.45) is 2.85. The number of amides is 2. The molecule has 3 aromatic rings. The van der Waals surface area contributed by atoms with Crippen LogP contribution in [0.4, 0.5) is 11.4 Å². The number of halogens is 1. The maximum atomic E-state index is 12.6. The number of hydrogen-bond donors (Lipinski definition) is 2. The van der Waals surface area contributed by atoms with Gasteiger partial charge in [0.1, 0.15) is 34.7 Å². The number of carbonyl (C=O) groups excluding carboxylic acids is 2. The summed E-state index contributed by atoms with van der Waals surface area (Å²) in [5.41, 5.74) is 1.55. The molecule has 0 fully saturated rings. The van der Waals surface area contributed by atoms with E-state index in [1.54, 1.807) is 43.3 Å². The molecular formula is C20H20BrN5O4. The minimum Gasteiger partial charge on any atom is -0.495 e. The Labute approximate surface area is 181 Å². The topological polar surface area (TPSA) is 107 Å². The maximum Gasteiger partial charge on any atom is 0.255 e. The molecule has 30 heavy (non-hydrogen) atoms. The van der Waals surface area contributed by atoms with Crippen molar-refractivity contribution in [3.05, 3.63) is 59.1 Å². The molecule has 2 amide bonds. The number of rotatable bonds is 7. The molecule has 1 atom stereocenters. The Bertz CT molecular complexity index is 1010. The van der Waals surface area contributed by atoms with Crippen LogP contribution < -0.4 is 20.1 Å². The summed E-state index contributed by atoms with van der Waals surface area (Å²) in [7, 11) is 3.02. The lowest BCUT2D eigenvalue weighted by atomic mass is 10.1. The number of ether oxygens (including phenoxy) is 2. The van der Waals surface area contributed by atoms with Gasteiger partial charge in [0.05, 0.1) is 14.2 Å². The first-order valence-electron chi connectivity index (χ1n) is 8.91. The van der Waals surface area contributed by atoms with Crippen LogP contribution in [0.25, 0.3) is 0 Å². The number of benzene rings is 2. The van der Waals surface area contributed by atoms with Crippen LogP contribution in [0, 0.1) is 0 Å². The van der Waals surface area contributed by atoms with Crippen LogP contribution in [0.2, 0.25) is 0 Å². The van der Waals surface area contributed by atoms with E-state index in [1.165, 1.54) is 31.6 Å². The molecule has 3 rings (SSSR count). The summed E-state index contributed by atoms with van der Waals surface area (Å²) >= 11 is 3.38. The minimum absolute atomic E-state index is 0.230. The van der Waals surface area contributed by atoms with Crippen LogP contribution in [0.3, 0.4) is 0 Å². The number of nitrogens with zero attached hydrogens (tertiary/aromatic N) is 3. The van der Waals surface area contributed by atoms with Crippen LogP contribution in [0.1, 0.15) is 23.3 Å². The highest BCUT2D eigenvalue weighted by atomic mass is 79.9. The van der Waals surface area contributed by atoms with E-state index in [0.29, 0.717) is 32.9 Å². The fourth-order valence-corrected chi connectivity index (χ4v) is 3.18. The van der Waals surface area contributed by atoms with Crippen molar-refractivity contribution >= 4 is 39.1 Å². The lowest BCUT2D eigenvalue weighted by molar-refractivity contribution is -0.119. The molecule has 0 aliphatic rings. The Morgan fingerprint density at radius 1 is 1.03 bits per heavy atom. The van der Waals surface area contributed by atoms with Crippen molar-refractivity contribution in [1.29, 1.82) is 0 Å². The third kappa shape index (κ3) is 4.77. The van der Waals surface area contributed by atoms with Gasteiger partial charge in [-0.05, 0) is 59.3 Å². The van der Waals surface area contributed by atoms with Crippen molar-refractivity contribution in [3.8, 4) is 11.5 Å². The number of nitrogens with one attached hydrogen (secondary N) is 2. The van der Waals surface area contributed by atoms with Gasteiger partial charge in [-0.25, -0.2) is 9.67 Å². The third-order valence-electron chi connectivity index (χ3n) is 4.33. The first-order valence-corrected chi connectivity index (χ1v) is 9.70. The fourth-order valence-electron chi connectivity index (χ4n) is 2.62. The van der Waals surface area contributed by atoms with Crippen LogP contribution in [-0.4, -0.2) is 40.8 Å². The summed E-state index contributed by atoms with van der Waals surface area (Å²) in [4.78, 5) is 28.8. The molecule has 0 saturated heterocycles. The summed E-state index contributed by atoms with van der Waals surface area (Å²) in [6, 6.07) is 9.51. The van der Waals surface area contributed by atoms with Gasteiger partial charge >= 0.3 is 0 Å². The van der Waals surface area contributed by atoms with E-state index in [2.05, 4.69) is 36.6 Å². The molecule has 1 aromatic heterocycles. The van der Waals surface area contributed by atoms with Crippen molar-refractivity contribution in [2.45, 2.75) is 13.0 Å². The average molecular weight is 474 g/mol. The molecule has 156 valence electrons. The second-order valence-electron chi connectivity index (χ2n) is 6.27. The Morgan fingerprint density at radius 2 is 1.60 bits per heavy atom. The summed E-state index contributed by atoms with van der Waals surface area (Å²) in [5, 5.41) is 9.57. The Hall–Kier alpha value is -3.40. The SMILES string of the molecule is COc1cc(C(=O)Nc2ccc(NC(=O)C(C)n3cncn3)cc2)cc(OC)c1Br. The molecule has 0 saturated carbocycles. The molecule has 9 nitrogen and oxygen atoms in total. The lowest BCUT2D eigenvalue weighted by Crippen LogP contribution is -2.24. The highest BCUT2D eigenvalue weighted by Gasteiger charge is 2.16. The molecule has 1 heterocycles. The molecular weight excluding hydrogens is 454 g/mol. The predicted octanol–water partition coefficient (Wildman–Crippen LogP) is 3.51. The molecule has 0 aliphatic carbocycles. The molecule has 1 unspecified atom stereocenters. The van der Waals surface area contributed by atoms with Crippen molar-refractivity contribution in [1.82, 2.24) is 14.8 Å². The standard InChI is InChI=1S/C20H20BrN5O4/c1-12(26-11-22-10-23-26)19(27)24-14-4-6-15(7-5-14)25-20(28)13-8-16(29-2)18(21)17(9-13)30-3/h4-12H,1-3H3,(H,24,27)(H,25,28). The normalized spacial score (nSPS) is 11.5. The van der Waals surface area contributed by atoms with E-state index in [4.69, 9.17) is 9.47 Å². The van der Waals surface area contributed by atoms with Crippen LogP contribution in [-0.2, 0) is 4.79 Å². The van der Waals surface area contributed by atoms with Crippen LogP contribution in [0.5, 0.6) is 11.5 Å². The highest BCUT2D eigenvalue weighted by molar-refractivity contribution is 9.10. The summed E-state index contributed by atoms with van der Waals surface area (Å²) < 4.78 is 12.6. The van der Waals surface area contributed by atoms with E-state index < -0.39 is 6.04 Å². The van der Waals surface area contributed by atoms with Gasteiger partial charge in [-0.2, -0.15) is 5.10 Å². The highest BCUT2D eigenvalue weighted by Crippen LogP contribution is 2.35. The second kappa shape index (κ2) is 9.40. The van der Waals surface area contributed by atoms with Crippen molar-refractivity contribution in [2.75, 3.05) is 24.9 Å². The van der Waals surface area contributed by atoms with Gasteiger partial charge in [0.2, 0.25) is 5.91 Å². The molecule has 0 bridgehead atoms. The van der Waals surface area contributed by atoms with Gasteiger partial charge in [-0.1, -0.05) is 0 Å². The predicted molar refractivity (Wildman–Crippen MR) is 115 cm³/mol. The van der Waals surface area contributed by atoms with E-state index in [-0.39, 0.29) is 11.8 Å². The fraction of sp³-hybridized carbons (Fsp3) is 0.200. The number of aromatic nitrogens is 3. The molecule has 0 spiro atoms. The Morgan fingerprint density at radius 3 is 2.10 bits per heavy atom. The van der Waals surface area contributed by atoms with Crippen LogP contribution >= 0.6 is 15.9 Å². The van der Waals surface area contributed by atoms with Gasteiger partial charge < -0.3 is 20.1 Å². The summed E-state index contributed by atoms with van der Waals surface area (Å²) in [6.45, 7) is 1.72. The van der Waals surface area contributed by atoms with Gasteiger partial charge in [0, 0.05) is 16.9 Å². The van der Waals surface area contributed by atoms with E-state index in [0.717, 1.165) is 0 Å². The first-order chi connectivity index (χ1) is 14.4. The number of methoxy groups -OCH3 is 2. The second-order valence-corrected chi connectivity index (χ2v) is 7.06. The first kappa shape index (κ1) is 21.3. The van der Waals surface area contributed by atoms with Crippen molar-refractivity contribution < 1.29 is 19.1 Å². The van der Waals surface area contributed by atoms with E-state index in [1.807, 2.05) is 0 Å². The Kier molecular flexibility index (Phi) is 6.68. The molecule has 0 aliphatic heterocycles. The minimum atomic E-state index is -0.505. The van der Waals surface area contributed by atoms with E-state index in [9.17, 15) is 9.59 Å². The number of carbonyl (C=O) groups is 2. The van der Waals surface area contributed by atoms with Gasteiger partial charge in [-0.3, -0.25) is 9.59 Å². The molecule has 2 aromatic carbocycles. The third-order valence-corrected chi connectivity index (χ3v) is 5.11. The summed E-state index contributed by atoms with van der Waals surface area (Å²) in [5.74, 6) is 0.417. The number of hydrogen-bond acceptors (Lipinski definition) is 6. The zero-order chi connectivity index (χ0) is 21.7. The largest absolute Gasteiger partial charge is 0.495 e. The zero-order valence-corrected chi connectivity index (χ0v) is 18.1. The van der Waals surface area contributed by atoms with Gasteiger partial charge in [-0.15, -0.1) is 0 Å². The van der Waals surface area contributed by atoms with Crippen molar-refractivity contribution in [3.63, 3.8) is 0 Å². The smallest absolute Gasteiger partial charge is 0.255 e. The molecule has 0 radical (unpaired) electrons. The molecule has 10 heteroatoms.